The molecule has 10 heteroatoms. The van der Waals surface area contributed by atoms with Gasteiger partial charge in [0.25, 0.3) is 11.8 Å². The highest BCUT2D eigenvalue weighted by Gasteiger charge is 2.19. The second kappa shape index (κ2) is 10.1. The average molecular weight is 486 g/mol. The van der Waals surface area contributed by atoms with E-state index in [1.165, 1.54) is 6.08 Å². The van der Waals surface area contributed by atoms with E-state index in [1.54, 1.807) is 68.4 Å². The molecule has 4 aromatic rings. The van der Waals surface area contributed by atoms with Crippen molar-refractivity contribution in [1.82, 2.24) is 26.0 Å². The van der Waals surface area contributed by atoms with Crippen LogP contribution >= 0.6 is 0 Å². The zero-order chi connectivity index (χ0) is 25.8. The Kier molecular flexibility index (Phi) is 6.77. The quantitative estimate of drug-likeness (QED) is 0.252. The number of aromatic nitrogens is 3. The van der Waals surface area contributed by atoms with Crippen LogP contribution in [-0.4, -0.2) is 43.4 Å². The molecule has 182 valence electrons. The number of hydrogen-bond acceptors (Lipinski definition) is 6. The van der Waals surface area contributed by atoms with Gasteiger partial charge in [0.2, 0.25) is 0 Å². The van der Waals surface area contributed by atoms with Crippen LogP contribution in [0.3, 0.4) is 0 Å². The fourth-order valence-electron chi connectivity index (χ4n) is 3.85. The summed E-state index contributed by atoms with van der Waals surface area (Å²) >= 11 is 0. The van der Waals surface area contributed by atoms with Crippen LogP contribution in [0.25, 0.3) is 17.1 Å². The molecule has 4 rings (SSSR count). The molecule has 1 heterocycles. The number of aliphatic carboxylic acids is 1. The number of fused-ring (bicyclic) bond motifs is 1. The molecule has 0 atom stereocenters. The van der Waals surface area contributed by atoms with Gasteiger partial charge in [0.05, 0.1) is 0 Å². The van der Waals surface area contributed by atoms with E-state index < -0.39 is 11.9 Å². The first-order valence-corrected chi connectivity index (χ1v) is 11.0. The molecule has 10 nitrogen and oxygen atoms in total. The Hall–Kier alpha value is -4.99. The smallest absolute Gasteiger partial charge is 0.352 e. The van der Waals surface area contributed by atoms with Gasteiger partial charge in [-0.2, -0.15) is 15.4 Å². The second-order valence-electron chi connectivity index (χ2n) is 8.23. The summed E-state index contributed by atoms with van der Waals surface area (Å²) in [7, 11) is 0. The molecule has 0 aliphatic heterocycles. The minimum absolute atomic E-state index is 0.109. The third kappa shape index (κ3) is 5.39. The number of rotatable bonds is 7. The Morgan fingerprint density at radius 3 is 2.36 bits per heavy atom. The number of H-pyrrole nitrogens is 1. The largest absolute Gasteiger partial charge is 0.508 e. The number of amides is 2. The Bertz CT molecular complexity index is 1500. The Morgan fingerprint density at radius 2 is 1.67 bits per heavy atom. The van der Waals surface area contributed by atoms with Crippen LogP contribution in [0.1, 0.15) is 43.0 Å². The lowest BCUT2D eigenvalue weighted by atomic mass is 9.98. The van der Waals surface area contributed by atoms with Crippen molar-refractivity contribution >= 4 is 34.9 Å². The van der Waals surface area contributed by atoms with Gasteiger partial charge >= 0.3 is 5.97 Å². The predicted molar refractivity (Wildman–Crippen MR) is 132 cm³/mol. The van der Waals surface area contributed by atoms with Crippen molar-refractivity contribution in [2.24, 2.45) is 0 Å². The number of carbonyl (C=O) groups excluding carboxylic acids is 2. The monoisotopic (exact) mass is 485 g/mol. The van der Waals surface area contributed by atoms with Gasteiger partial charge in [-0.25, -0.2) is 4.79 Å². The van der Waals surface area contributed by atoms with Gasteiger partial charge in [-0.15, -0.1) is 0 Å². The van der Waals surface area contributed by atoms with Crippen molar-refractivity contribution in [3.8, 4) is 5.75 Å². The van der Waals surface area contributed by atoms with Crippen LogP contribution in [0.4, 0.5) is 0 Å². The molecule has 3 aromatic carbocycles. The number of phenolic OH excluding ortho intramolecular Hbond substituents is 1. The first kappa shape index (κ1) is 24.1. The molecule has 0 aliphatic rings. The number of benzene rings is 3. The first-order valence-electron chi connectivity index (χ1n) is 11.0. The van der Waals surface area contributed by atoms with Crippen LogP contribution in [0.15, 0.2) is 60.3 Å². The molecule has 36 heavy (non-hydrogen) atoms. The highest BCUT2D eigenvalue weighted by molar-refractivity contribution is 6.05. The molecule has 5 N–H and O–H groups in total. The van der Waals surface area contributed by atoms with Gasteiger partial charge < -0.3 is 20.8 Å². The third-order valence-electron chi connectivity index (χ3n) is 5.52. The lowest BCUT2D eigenvalue weighted by Crippen LogP contribution is -2.29. The lowest BCUT2D eigenvalue weighted by Gasteiger charge is -2.14. The zero-order valence-electron chi connectivity index (χ0n) is 19.5. The maximum Gasteiger partial charge on any atom is 0.352 e. The number of carboxylic acid groups (broad SMARTS) is 1. The summed E-state index contributed by atoms with van der Waals surface area (Å²) in [6.45, 7) is 3.58. The highest BCUT2D eigenvalue weighted by atomic mass is 16.4. The van der Waals surface area contributed by atoms with E-state index >= 15 is 0 Å². The minimum Gasteiger partial charge on any atom is -0.508 e. The maximum atomic E-state index is 13.0. The van der Waals surface area contributed by atoms with Crippen molar-refractivity contribution in [3.05, 3.63) is 93.7 Å². The van der Waals surface area contributed by atoms with E-state index in [9.17, 15) is 24.6 Å². The van der Waals surface area contributed by atoms with Gasteiger partial charge in [0.15, 0.2) is 0 Å². The summed E-state index contributed by atoms with van der Waals surface area (Å²) in [5.41, 5.74) is 3.82. The van der Waals surface area contributed by atoms with E-state index in [0.29, 0.717) is 33.3 Å². The standard InChI is InChI=1S/C26H23N5O5/c1-14-8-18(24(33)27-13-17-4-3-5-19(32)10-17)9-15(2)23(14)25(34)28-22(26(35)36)12-16-6-7-20-21(11-16)30-31-29-20/h3-12,32H,13H2,1-2H3,(H,27,33)(H,28,34)(H,35,36)(H,29,30,31). The van der Waals surface area contributed by atoms with Crippen LogP contribution < -0.4 is 10.6 Å². The van der Waals surface area contributed by atoms with Gasteiger partial charge in [0, 0.05) is 17.7 Å². The fourth-order valence-corrected chi connectivity index (χ4v) is 3.85. The molecule has 0 bridgehead atoms. The summed E-state index contributed by atoms with van der Waals surface area (Å²) in [5, 5.41) is 34.9. The zero-order valence-corrected chi connectivity index (χ0v) is 19.5. The Labute approximate surface area is 205 Å². The Balaban J connectivity index is 1.52. The summed E-state index contributed by atoms with van der Waals surface area (Å²) in [5.74, 6) is -2.14. The number of hydrogen-bond donors (Lipinski definition) is 5. The predicted octanol–water partition coefficient (Wildman–Crippen LogP) is 3.07. The number of aromatic amines is 1. The molecule has 0 saturated heterocycles. The average Bonchev–Trinajstić information content (AvgIpc) is 3.29. The summed E-state index contributed by atoms with van der Waals surface area (Å²) in [6.07, 6.45) is 1.34. The number of nitrogens with one attached hydrogen (secondary N) is 3. The topological polar surface area (TPSA) is 157 Å². The number of phenols is 1. The first-order chi connectivity index (χ1) is 17.2. The number of carboxylic acids is 1. The molecule has 0 saturated carbocycles. The van der Waals surface area contributed by atoms with Gasteiger partial charge in [-0.05, 0) is 78.6 Å². The van der Waals surface area contributed by atoms with Crippen LogP contribution in [0, 0.1) is 13.8 Å². The molecule has 2 amide bonds. The van der Waals surface area contributed by atoms with Crippen molar-refractivity contribution in [3.63, 3.8) is 0 Å². The molecule has 0 spiro atoms. The van der Waals surface area contributed by atoms with Gasteiger partial charge in [0.1, 0.15) is 22.5 Å². The van der Waals surface area contributed by atoms with Crippen molar-refractivity contribution in [2.75, 3.05) is 0 Å². The van der Waals surface area contributed by atoms with E-state index in [4.69, 9.17) is 0 Å². The molecular weight excluding hydrogens is 462 g/mol. The summed E-state index contributed by atoms with van der Waals surface area (Å²) < 4.78 is 0. The number of nitrogens with zero attached hydrogens (tertiary/aromatic N) is 2. The molecule has 0 radical (unpaired) electrons. The van der Waals surface area contributed by atoms with Crippen LogP contribution in [0.5, 0.6) is 5.75 Å². The van der Waals surface area contributed by atoms with Crippen molar-refractivity contribution in [2.45, 2.75) is 20.4 Å². The summed E-state index contributed by atoms with van der Waals surface area (Å²) in [6, 6.07) is 14.7. The van der Waals surface area contributed by atoms with Crippen molar-refractivity contribution in [1.29, 1.82) is 0 Å². The highest BCUT2D eigenvalue weighted by Crippen LogP contribution is 2.19. The molecular formula is C26H23N5O5. The molecule has 0 fully saturated rings. The minimum atomic E-state index is -1.30. The van der Waals surface area contributed by atoms with Gasteiger partial charge in [-0.1, -0.05) is 18.2 Å². The van der Waals surface area contributed by atoms with E-state index in [0.717, 1.165) is 5.56 Å². The fraction of sp³-hybridized carbons (Fsp3) is 0.115. The third-order valence-corrected chi connectivity index (χ3v) is 5.52. The molecule has 0 unspecified atom stereocenters. The molecule has 0 aliphatic carbocycles. The van der Waals surface area contributed by atoms with E-state index in [-0.39, 0.29) is 29.5 Å². The normalized spacial score (nSPS) is 11.3. The number of aromatic hydroxyl groups is 1. The van der Waals surface area contributed by atoms with Crippen LogP contribution in [0.2, 0.25) is 0 Å². The molecule has 1 aromatic heterocycles. The van der Waals surface area contributed by atoms with E-state index in [1.807, 2.05) is 0 Å². The maximum absolute atomic E-state index is 13.0. The lowest BCUT2D eigenvalue weighted by molar-refractivity contribution is -0.132. The summed E-state index contributed by atoms with van der Waals surface area (Å²) in [4.78, 5) is 37.5. The van der Waals surface area contributed by atoms with E-state index in [2.05, 4.69) is 26.0 Å². The SMILES string of the molecule is Cc1cc(C(=O)NCc2cccc(O)c2)cc(C)c1C(=O)NC(=Cc1ccc2n[nH]nc2c1)C(=O)O. The number of carbonyl (C=O) groups is 3. The second-order valence-corrected chi connectivity index (χ2v) is 8.23. The Morgan fingerprint density at radius 1 is 0.944 bits per heavy atom. The van der Waals surface area contributed by atoms with Crippen molar-refractivity contribution < 1.29 is 24.6 Å². The van der Waals surface area contributed by atoms with Gasteiger partial charge in [-0.3, -0.25) is 9.59 Å². The number of aryl methyl sites for hydroxylation is 2. The van der Waals surface area contributed by atoms with Crippen LogP contribution in [-0.2, 0) is 11.3 Å².